The number of rotatable bonds is 2. The van der Waals surface area contributed by atoms with Gasteiger partial charge in [-0.25, -0.2) is 4.98 Å². The number of benzene rings is 1. The highest BCUT2D eigenvalue weighted by atomic mass is 32.1. The van der Waals surface area contributed by atoms with Crippen molar-refractivity contribution in [2.24, 2.45) is 0 Å². The number of aryl methyl sites for hydroxylation is 1. The van der Waals surface area contributed by atoms with E-state index in [0.717, 1.165) is 16.7 Å². The van der Waals surface area contributed by atoms with Gasteiger partial charge < -0.3 is 9.32 Å². The van der Waals surface area contributed by atoms with Gasteiger partial charge in [0.15, 0.2) is 11.5 Å². The zero-order valence-electron chi connectivity index (χ0n) is 9.10. The third-order valence-corrected chi connectivity index (χ3v) is 2.65. The molecular formula is C11H12N2O2S. The van der Waals surface area contributed by atoms with Crippen molar-refractivity contribution in [1.29, 1.82) is 0 Å². The minimum absolute atomic E-state index is 0.256. The first kappa shape index (κ1) is 11.0. The van der Waals surface area contributed by atoms with Gasteiger partial charge in [0.2, 0.25) is 0 Å². The molecule has 0 radical (unpaired) electrons. The lowest BCUT2D eigenvalue weighted by atomic mass is 10.2. The smallest absolute Gasteiger partial charge is 0.278 e. The normalized spacial score (nSPS) is 10.7. The Hall–Kier alpha value is -1.49. The van der Waals surface area contributed by atoms with Crippen molar-refractivity contribution in [1.82, 2.24) is 9.88 Å². The van der Waals surface area contributed by atoms with E-state index in [0.29, 0.717) is 12.4 Å². The van der Waals surface area contributed by atoms with Crippen molar-refractivity contribution >= 4 is 29.0 Å². The summed E-state index contributed by atoms with van der Waals surface area (Å²) >= 11 is 3.75. The average molecular weight is 236 g/mol. The molecular weight excluding hydrogens is 224 g/mol. The molecule has 2 rings (SSSR count). The monoisotopic (exact) mass is 236 g/mol. The van der Waals surface area contributed by atoms with Gasteiger partial charge in [0.1, 0.15) is 5.52 Å². The molecule has 0 spiro atoms. The fraction of sp³-hybridized carbons (Fsp3) is 0.273. The number of fused-ring (bicyclic) bond motifs is 1. The molecule has 16 heavy (non-hydrogen) atoms. The lowest BCUT2D eigenvalue weighted by molar-refractivity contribution is 0.232. The summed E-state index contributed by atoms with van der Waals surface area (Å²) in [6, 6.07) is 5.71. The quantitative estimate of drug-likeness (QED) is 0.815. The number of amides is 1. The van der Waals surface area contributed by atoms with E-state index in [9.17, 15) is 4.79 Å². The molecule has 0 atom stereocenters. The first-order valence-corrected chi connectivity index (χ1v) is 5.31. The molecule has 0 aliphatic carbocycles. The number of aromatic nitrogens is 1. The molecule has 0 saturated carbocycles. The van der Waals surface area contributed by atoms with E-state index in [1.54, 1.807) is 7.05 Å². The Bertz CT molecular complexity index is 536. The Kier molecular flexibility index (Phi) is 2.87. The van der Waals surface area contributed by atoms with Crippen LogP contribution in [0.1, 0.15) is 11.5 Å². The molecule has 0 aliphatic rings. The highest BCUT2D eigenvalue weighted by molar-refractivity contribution is 7.96. The van der Waals surface area contributed by atoms with Gasteiger partial charge in [0, 0.05) is 20.5 Å². The van der Waals surface area contributed by atoms with E-state index in [2.05, 4.69) is 17.6 Å². The summed E-state index contributed by atoms with van der Waals surface area (Å²) in [4.78, 5) is 16.7. The van der Waals surface area contributed by atoms with E-state index in [1.165, 1.54) is 4.90 Å². The predicted octanol–water partition coefficient (Wildman–Crippen LogP) is 2.62. The van der Waals surface area contributed by atoms with Crippen LogP contribution in [0, 0.1) is 6.92 Å². The van der Waals surface area contributed by atoms with Crippen molar-refractivity contribution < 1.29 is 9.21 Å². The SMILES string of the molecule is Cc1nc2ccc(CN(C)C(=O)S)cc2o1. The van der Waals surface area contributed by atoms with Gasteiger partial charge in [0.05, 0.1) is 0 Å². The lowest BCUT2D eigenvalue weighted by Crippen LogP contribution is -2.19. The maximum Gasteiger partial charge on any atom is 0.278 e. The van der Waals surface area contributed by atoms with Crippen LogP contribution in [0.15, 0.2) is 22.6 Å². The fourth-order valence-electron chi connectivity index (χ4n) is 1.52. The Labute approximate surface area is 98.7 Å². The number of hydrogen-bond donors (Lipinski definition) is 1. The van der Waals surface area contributed by atoms with Crippen LogP contribution < -0.4 is 0 Å². The summed E-state index contributed by atoms with van der Waals surface area (Å²) in [5.74, 6) is 0.644. The molecule has 5 heteroatoms. The summed E-state index contributed by atoms with van der Waals surface area (Å²) in [5, 5.41) is -0.256. The van der Waals surface area contributed by atoms with Crippen molar-refractivity contribution in [3.8, 4) is 0 Å². The molecule has 4 nitrogen and oxygen atoms in total. The van der Waals surface area contributed by atoms with Crippen molar-refractivity contribution in [3.63, 3.8) is 0 Å². The molecule has 0 bridgehead atoms. The van der Waals surface area contributed by atoms with Gasteiger partial charge in [-0.3, -0.25) is 4.79 Å². The standard InChI is InChI=1S/C11H12N2O2S/c1-7-12-9-4-3-8(5-10(9)15-7)6-13(2)11(14)16/h3-5H,6H2,1-2H3,(H,14,16). The minimum atomic E-state index is -0.256. The Morgan fingerprint density at radius 2 is 2.31 bits per heavy atom. The first-order chi connectivity index (χ1) is 7.56. The fourth-order valence-corrected chi connectivity index (χ4v) is 1.59. The van der Waals surface area contributed by atoms with Crippen LogP contribution in [0.5, 0.6) is 0 Å². The predicted molar refractivity (Wildman–Crippen MR) is 64.6 cm³/mol. The summed E-state index contributed by atoms with van der Waals surface area (Å²) < 4.78 is 5.42. The summed E-state index contributed by atoms with van der Waals surface area (Å²) in [6.07, 6.45) is 0. The molecule has 0 aliphatic heterocycles. The molecule has 0 unspecified atom stereocenters. The zero-order valence-corrected chi connectivity index (χ0v) is 9.99. The Morgan fingerprint density at radius 1 is 1.56 bits per heavy atom. The summed E-state index contributed by atoms with van der Waals surface area (Å²) in [7, 11) is 1.70. The van der Waals surface area contributed by atoms with Crippen molar-refractivity contribution in [2.75, 3.05) is 7.05 Å². The second-order valence-corrected chi connectivity index (χ2v) is 4.06. The van der Waals surface area contributed by atoms with Crippen molar-refractivity contribution in [3.05, 3.63) is 29.7 Å². The van der Waals surface area contributed by atoms with E-state index in [1.807, 2.05) is 25.1 Å². The molecule has 0 saturated heterocycles. The van der Waals surface area contributed by atoms with Crippen LogP contribution in [-0.2, 0) is 6.54 Å². The maximum absolute atomic E-state index is 11.0. The van der Waals surface area contributed by atoms with Gasteiger partial charge in [-0.1, -0.05) is 18.7 Å². The van der Waals surface area contributed by atoms with Crippen LogP contribution in [0.25, 0.3) is 11.1 Å². The average Bonchev–Trinajstić information content (AvgIpc) is 2.57. The van der Waals surface area contributed by atoms with E-state index in [4.69, 9.17) is 4.42 Å². The minimum Gasteiger partial charge on any atom is -0.441 e. The summed E-state index contributed by atoms with van der Waals surface area (Å²) in [6.45, 7) is 2.32. The Balaban J connectivity index is 2.28. The number of oxazole rings is 1. The second kappa shape index (κ2) is 4.17. The van der Waals surface area contributed by atoms with Crippen LogP contribution in [0.4, 0.5) is 4.79 Å². The number of carbonyl (C=O) groups excluding carboxylic acids is 1. The molecule has 1 amide bonds. The van der Waals surface area contributed by atoms with Gasteiger partial charge >= 0.3 is 0 Å². The van der Waals surface area contributed by atoms with Gasteiger partial charge in [0.25, 0.3) is 5.24 Å². The first-order valence-electron chi connectivity index (χ1n) is 4.86. The third-order valence-electron chi connectivity index (χ3n) is 2.31. The third kappa shape index (κ3) is 2.19. The largest absolute Gasteiger partial charge is 0.441 e. The Morgan fingerprint density at radius 3 is 3.00 bits per heavy atom. The number of nitrogens with zero attached hydrogens (tertiary/aromatic N) is 2. The van der Waals surface area contributed by atoms with Crippen LogP contribution in [0.3, 0.4) is 0 Å². The van der Waals surface area contributed by atoms with Gasteiger partial charge in [-0.05, 0) is 17.7 Å². The molecule has 0 N–H and O–H groups in total. The number of carbonyl (C=O) groups is 1. The second-order valence-electron chi connectivity index (χ2n) is 3.67. The number of hydrogen-bond acceptors (Lipinski definition) is 3. The molecule has 2 aromatic rings. The van der Waals surface area contributed by atoms with E-state index in [-0.39, 0.29) is 5.24 Å². The van der Waals surface area contributed by atoms with Crippen molar-refractivity contribution in [2.45, 2.75) is 13.5 Å². The van der Waals surface area contributed by atoms with E-state index >= 15 is 0 Å². The molecule has 1 aromatic carbocycles. The zero-order chi connectivity index (χ0) is 11.7. The summed E-state index contributed by atoms with van der Waals surface area (Å²) in [5.41, 5.74) is 2.57. The van der Waals surface area contributed by atoms with Gasteiger partial charge in [-0.15, -0.1) is 0 Å². The highest BCUT2D eigenvalue weighted by Crippen LogP contribution is 2.17. The number of thiol groups is 1. The molecule has 1 heterocycles. The van der Waals surface area contributed by atoms with Gasteiger partial charge in [-0.2, -0.15) is 0 Å². The van der Waals surface area contributed by atoms with Crippen LogP contribution in [-0.4, -0.2) is 22.2 Å². The van der Waals surface area contributed by atoms with E-state index < -0.39 is 0 Å². The molecule has 84 valence electrons. The topological polar surface area (TPSA) is 46.3 Å². The van der Waals surface area contributed by atoms with Crippen LogP contribution >= 0.6 is 12.6 Å². The lowest BCUT2D eigenvalue weighted by Gasteiger charge is -2.13. The molecule has 1 aromatic heterocycles. The highest BCUT2D eigenvalue weighted by Gasteiger charge is 2.07. The van der Waals surface area contributed by atoms with Crippen LogP contribution in [0.2, 0.25) is 0 Å². The molecule has 0 fully saturated rings. The maximum atomic E-state index is 11.0.